The molecular formula is C28H34N2O5. The number of allylic oxidation sites excluding steroid dienone is 1. The summed E-state index contributed by atoms with van der Waals surface area (Å²) < 4.78 is 16.6. The maximum absolute atomic E-state index is 12.2. The first-order valence-electron chi connectivity index (χ1n) is 12.1. The molecule has 186 valence electrons. The lowest BCUT2D eigenvalue weighted by molar-refractivity contribution is -0.0498. The zero-order valence-electron chi connectivity index (χ0n) is 20.7. The lowest BCUT2D eigenvalue weighted by Gasteiger charge is -2.56. The van der Waals surface area contributed by atoms with Crippen LogP contribution in [0.5, 0.6) is 5.75 Å². The number of rotatable bonds is 7. The standard InChI is InChI=1S/C28H34N2O5/c1-27(2,3)35-26(32)30-19-28(20-30)16-22(17-28)15-23-11-7-8-12-24(23)33-14-13-29-25(31)34-18-21-9-5-4-6-10-21/h4-12,15H,13-14,16-20H2,1-3H3,(H,29,31). The van der Waals surface area contributed by atoms with E-state index in [0.29, 0.717) is 13.2 Å². The number of nitrogens with zero attached hydrogens (tertiary/aromatic N) is 1. The molecule has 1 spiro atoms. The molecule has 1 aliphatic carbocycles. The maximum Gasteiger partial charge on any atom is 0.410 e. The highest BCUT2D eigenvalue weighted by molar-refractivity contribution is 5.70. The van der Waals surface area contributed by atoms with Crippen LogP contribution in [-0.2, 0) is 16.1 Å². The Morgan fingerprint density at radius 3 is 2.43 bits per heavy atom. The molecule has 4 rings (SSSR count). The van der Waals surface area contributed by atoms with Gasteiger partial charge in [-0.2, -0.15) is 0 Å². The summed E-state index contributed by atoms with van der Waals surface area (Å²) in [6.45, 7) is 8.10. The van der Waals surface area contributed by atoms with Gasteiger partial charge in [0.1, 0.15) is 24.6 Å². The molecule has 2 fully saturated rings. The minimum Gasteiger partial charge on any atom is -0.491 e. The second kappa shape index (κ2) is 10.4. The van der Waals surface area contributed by atoms with Gasteiger partial charge in [-0.15, -0.1) is 0 Å². The number of hydrogen-bond donors (Lipinski definition) is 1. The third kappa shape index (κ3) is 6.78. The number of hydrogen-bond acceptors (Lipinski definition) is 5. The quantitative estimate of drug-likeness (QED) is 0.539. The first-order valence-corrected chi connectivity index (χ1v) is 12.1. The number of para-hydroxylation sites is 1. The molecule has 2 amide bonds. The van der Waals surface area contributed by atoms with Gasteiger partial charge in [0.25, 0.3) is 0 Å². The summed E-state index contributed by atoms with van der Waals surface area (Å²) in [5.41, 5.74) is 3.05. The molecule has 0 radical (unpaired) electrons. The van der Waals surface area contributed by atoms with Gasteiger partial charge in [-0.05, 0) is 45.2 Å². The van der Waals surface area contributed by atoms with E-state index in [2.05, 4.69) is 11.4 Å². The van der Waals surface area contributed by atoms with E-state index in [4.69, 9.17) is 14.2 Å². The van der Waals surface area contributed by atoms with Gasteiger partial charge in [0, 0.05) is 24.1 Å². The van der Waals surface area contributed by atoms with E-state index in [0.717, 1.165) is 42.8 Å². The highest BCUT2D eigenvalue weighted by atomic mass is 16.6. The third-order valence-corrected chi connectivity index (χ3v) is 6.03. The van der Waals surface area contributed by atoms with Crippen LogP contribution in [0.3, 0.4) is 0 Å². The predicted octanol–water partition coefficient (Wildman–Crippen LogP) is 5.41. The number of likely N-dealkylation sites (tertiary alicyclic amines) is 1. The lowest BCUT2D eigenvalue weighted by atomic mass is 9.60. The lowest BCUT2D eigenvalue weighted by Crippen LogP contribution is -2.62. The van der Waals surface area contributed by atoms with Gasteiger partial charge in [0.15, 0.2) is 0 Å². The van der Waals surface area contributed by atoms with E-state index in [1.54, 1.807) is 4.90 Å². The van der Waals surface area contributed by atoms with Crippen LogP contribution in [0, 0.1) is 5.41 Å². The van der Waals surface area contributed by atoms with Crippen molar-refractivity contribution in [3.63, 3.8) is 0 Å². The van der Waals surface area contributed by atoms with Gasteiger partial charge in [0.05, 0.1) is 6.54 Å². The van der Waals surface area contributed by atoms with E-state index in [9.17, 15) is 9.59 Å². The Balaban J connectivity index is 1.19. The highest BCUT2D eigenvalue weighted by Crippen LogP contribution is 2.52. The SMILES string of the molecule is CC(C)(C)OC(=O)N1CC2(CC(=Cc3ccccc3OCCNC(=O)OCc3ccccc3)C2)C1. The van der Waals surface area contributed by atoms with Gasteiger partial charge in [-0.25, -0.2) is 9.59 Å². The molecule has 7 heteroatoms. The number of nitrogens with one attached hydrogen (secondary N) is 1. The van der Waals surface area contributed by atoms with E-state index >= 15 is 0 Å². The molecule has 35 heavy (non-hydrogen) atoms. The molecule has 7 nitrogen and oxygen atoms in total. The van der Waals surface area contributed by atoms with Crippen LogP contribution in [-0.4, -0.2) is 48.9 Å². The summed E-state index contributed by atoms with van der Waals surface area (Å²) in [4.78, 5) is 25.9. The van der Waals surface area contributed by atoms with Crippen LogP contribution in [0.2, 0.25) is 0 Å². The zero-order valence-corrected chi connectivity index (χ0v) is 20.7. The molecule has 0 aromatic heterocycles. The van der Waals surface area contributed by atoms with Crippen molar-refractivity contribution in [1.29, 1.82) is 0 Å². The Morgan fingerprint density at radius 2 is 1.71 bits per heavy atom. The fourth-order valence-electron chi connectivity index (χ4n) is 4.50. The van der Waals surface area contributed by atoms with Crippen molar-refractivity contribution >= 4 is 18.3 Å². The molecule has 0 unspecified atom stereocenters. The molecule has 1 heterocycles. The monoisotopic (exact) mass is 478 g/mol. The second-order valence-corrected chi connectivity index (χ2v) is 10.4. The van der Waals surface area contributed by atoms with Crippen molar-refractivity contribution in [2.45, 2.75) is 45.8 Å². The summed E-state index contributed by atoms with van der Waals surface area (Å²) in [5, 5.41) is 2.71. The highest BCUT2D eigenvalue weighted by Gasteiger charge is 2.52. The van der Waals surface area contributed by atoms with Crippen LogP contribution >= 0.6 is 0 Å². The number of alkyl carbamates (subject to hydrolysis) is 1. The zero-order chi connectivity index (χ0) is 24.9. The van der Waals surface area contributed by atoms with Gasteiger partial charge in [-0.1, -0.05) is 60.2 Å². The average Bonchev–Trinajstić information content (AvgIpc) is 2.76. The van der Waals surface area contributed by atoms with Gasteiger partial charge in [-0.3, -0.25) is 0 Å². The largest absolute Gasteiger partial charge is 0.491 e. The van der Waals surface area contributed by atoms with Crippen molar-refractivity contribution in [2.24, 2.45) is 5.41 Å². The minimum atomic E-state index is -0.466. The molecule has 2 aromatic rings. The fourth-order valence-corrected chi connectivity index (χ4v) is 4.50. The van der Waals surface area contributed by atoms with E-state index in [1.807, 2.05) is 75.4 Å². The number of carbonyl (C=O) groups excluding carboxylic acids is 2. The second-order valence-electron chi connectivity index (χ2n) is 10.4. The van der Waals surface area contributed by atoms with E-state index in [1.165, 1.54) is 5.57 Å². The molecular weight excluding hydrogens is 444 g/mol. The normalized spacial score (nSPS) is 16.1. The van der Waals surface area contributed by atoms with Crippen molar-refractivity contribution in [3.05, 3.63) is 71.3 Å². The summed E-state index contributed by atoms with van der Waals surface area (Å²) in [7, 11) is 0. The molecule has 2 aromatic carbocycles. The molecule has 1 saturated carbocycles. The average molecular weight is 479 g/mol. The van der Waals surface area contributed by atoms with E-state index in [-0.39, 0.29) is 18.1 Å². The molecule has 0 atom stereocenters. The van der Waals surface area contributed by atoms with Crippen molar-refractivity contribution < 1.29 is 23.8 Å². The van der Waals surface area contributed by atoms with Gasteiger partial charge >= 0.3 is 12.2 Å². The van der Waals surface area contributed by atoms with Crippen molar-refractivity contribution in [2.75, 3.05) is 26.2 Å². The number of benzene rings is 2. The fraction of sp³-hybridized carbons (Fsp3) is 0.429. The summed E-state index contributed by atoms with van der Waals surface area (Å²) in [5.74, 6) is 0.782. The van der Waals surface area contributed by atoms with E-state index < -0.39 is 11.7 Å². The molecule has 1 N–H and O–H groups in total. The van der Waals surface area contributed by atoms with Crippen LogP contribution in [0.1, 0.15) is 44.7 Å². The van der Waals surface area contributed by atoms with Crippen molar-refractivity contribution in [3.8, 4) is 5.75 Å². The Labute approximate surface area is 207 Å². The van der Waals surface area contributed by atoms with Gasteiger partial charge < -0.3 is 24.4 Å². The smallest absolute Gasteiger partial charge is 0.410 e. The topological polar surface area (TPSA) is 77.1 Å². The summed E-state index contributed by atoms with van der Waals surface area (Å²) >= 11 is 0. The number of ether oxygens (including phenoxy) is 3. The van der Waals surface area contributed by atoms with Gasteiger partial charge in [0.2, 0.25) is 0 Å². The Bertz CT molecular complexity index is 1060. The first kappa shape index (κ1) is 24.6. The minimum absolute atomic E-state index is 0.197. The maximum atomic E-state index is 12.2. The Hall–Kier alpha value is -3.48. The van der Waals surface area contributed by atoms with Crippen LogP contribution in [0.25, 0.3) is 6.08 Å². The predicted molar refractivity (Wildman–Crippen MR) is 134 cm³/mol. The first-order chi connectivity index (χ1) is 16.7. The molecule has 1 saturated heterocycles. The van der Waals surface area contributed by atoms with Crippen LogP contribution in [0.4, 0.5) is 9.59 Å². The summed E-state index contributed by atoms with van der Waals surface area (Å²) in [6, 6.07) is 17.4. The van der Waals surface area contributed by atoms with Crippen molar-refractivity contribution in [1.82, 2.24) is 10.2 Å². The molecule has 2 aliphatic rings. The Kier molecular flexibility index (Phi) is 7.34. The third-order valence-electron chi connectivity index (χ3n) is 6.03. The van der Waals surface area contributed by atoms with Crippen LogP contribution in [0.15, 0.2) is 60.2 Å². The molecule has 0 bridgehead atoms. The number of carbonyl (C=O) groups is 2. The molecule has 1 aliphatic heterocycles. The number of amides is 2. The Morgan fingerprint density at radius 1 is 1.03 bits per heavy atom. The summed E-state index contributed by atoms with van der Waals surface area (Å²) in [6.07, 6.45) is 3.45. The van der Waals surface area contributed by atoms with Crippen LogP contribution < -0.4 is 10.1 Å².